The summed E-state index contributed by atoms with van der Waals surface area (Å²) in [5.41, 5.74) is 6.58. The van der Waals surface area contributed by atoms with Gasteiger partial charge in [0.1, 0.15) is 5.54 Å². The van der Waals surface area contributed by atoms with E-state index in [9.17, 15) is 4.79 Å². The fourth-order valence-corrected chi connectivity index (χ4v) is 0.904. The van der Waals surface area contributed by atoms with E-state index in [-0.39, 0.29) is 0 Å². The van der Waals surface area contributed by atoms with E-state index in [1.54, 1.807) is 0 Å². The summed E-state index contributed by atoms with van der Waals surface area (Å²) in [6.45, 7) is 0.706. The van der Waals surface area contributed by atoms with Gasteiger partial charge in [0, 0.05) is 0 Å². The molecule has 82 valence electrons. The molecule has 4 nitrogen and oxygen atoms in total. The third-order valence-electron chi connectivity index (χ3n) is 2.19. The van der Waals surface area contributed by atoms with Crippen LogP contribution in [0.2, 0.25) is 0 Å². The van der Waals surface area contributed by atoms with E-state index < -0.39 is 18.1 Å². The predicted octanol–water partition coefficient (Wildman–Crippen LogP) is 0.372. The van der Waals surface area contributed by atoms with Crippen LogP contribution in [0.25, 0.3) is 0 Å². The molecular weight excluding hydrogens is 194 g/mol. The van der Waals surface area contributed by atoms with Crippen LogP contribution in [0.1, 0.15) is 18.1 Å². The van der Waals surface area contributed by atoms with E-state index >= 15 is 0 Å². The van der Waals surface area contributed by atoms with Gasteiger partial charge in [0.15, 0.2) is 0 Å². The summed E-state index contributed by atoms with van der Waals surface area (Å²) in [6.07, 6.45) is 1.24. The van der Waals surface area contributed by atoms with Crippen LogP contribution < -0.4 is 5.73 Å². The molecule has 1 atom stereocenters. The van der Waals surface area contributed by atoms with Crippen LogP contribution in [0.5, 0.6) is 0 Å². The lowest BCUT2D eigenvalue weighted by Gasteiger charge is -2.13. The minimum absolute atomic E-state index is 0.539. The summed E-state index contributed by atoms with van der Waals surface area (Å²) in [6, 6.07) is 8.53. The molecule has 4 N–H and O–H groups in total. The predicted molar refractivity (Wildman–Crippen MR) is 56.6 cm³/mol. The third-order valence-corrected chi connectivity index (χ3v) is 2.19. The van der Waals surface area contributed by atoms with E-state index in [4.69, 9.17) is 15.9 Å². The monoisotopic (exact) mass is 209 g/mol. The first-order valence-electron chi connectivity index (χ1n) is 4.67. The normalized spacial score (nSPS) is 15.4. The topological polar surface area (TPSA) is 83.5 Å². The zero-order chi connectivity index (χ0) is 11.5. The lowest BCUT2D eigenvalue weighted by atomic mass is 10.1. The number of rotatable bonds is 2. The van der Waals surface area contributed by atoms with Crippen molar-refractivity contribution < 1.29 is 15.0 Å². The van der Waals surface area contributed by atoms with Gasteiger partial charge in [-0.3, -0.25) is 4.79 Å². The first-order valence-corrected chi connectivity index (χ1v) is 4.67. The van der Waals surface area contributed by atoms with Crippen LogP contribution in [0.15, 0.2) is 24.3 Å². The lowest BCUT2D eigenvalue weighted by Crippen LogP contribution is -2.48. The second-order valence-electron chi connectivity index (χ2n) is 3.83. The Kier molecular flexibility index (Phi) is 3.44. The van der Waals surface area contributed by atoms with Crippen molar-refractivity contribution in [1.29, 1.82) is 0 Å². The summed E-state index contributed by atoms with van der Waals surface area (Å²) < 4.78 is 0. The number of hydrogen-bond donors (Lipinski definition) is 3. The molecule has 1 aliphatic rings. The number of benzene rings is 1. The van der Waals surface area contributed by atoms with Gasteiger partial charge >= 0.3 is 5.97 Å². The number of aliphatic hydroxyl groups excluding tert-OH is 1. The molecular formula is C11H15NO3. The number of hydrogen-bond acceptors (Lipinski definition) is 3. The van der Waals surface area contributed by atoms with Gasteiger partial charge in [0.05, 0.1) is 6.61 Å². The van der Waals surface area contributed by atoms with Gasteiger partial charge in [-0.2, -0.15) is 0 Å². The highest BCUT2D eigenvalue weighted by Crippen LogP contribution is 2.25. The van der Waals surface area contributed by atoms with Crippen LogP contribution in [0, 0.1) is 0 Å². The van der Waals surface area contributed by atoms with Gasteiger partial charge in [-0.05, 0) is 24.5 Å². The van der Waals surface area contributed by atoms with Gasteiger partial charge in [0.25, 0.3) is 0 Å². The van der Waals surface area contributed by atoms with E-state index in [1.807, 2.05) is 0 Å². The van der Waals surface area contributed by atoms with Gasteiger partial charge in [-0.25, -0.2) is 0 Å². The second kappa shape index (κ2) is 4.42. The molecule has 0 aromatic heterocycles. The number of nitrogens with two attached hydrogens (primary N) is 1. The quantitative estimate of drug-likeness (QED) is 0.667. The van der Waals surface area contributed by atoms with E-state index in [1.165, 1.54) is 24.5 Å². The Morgan fingerprint density at radius 3 is 2.13 bits per heavy atom. The average molecular weight is 209 g/mol. The highest BCUT2D eigenvalue weighted by atomic mass is 16.4. The van der Waals surface area contributed by atoms with E-state index in [0.717, 1.165) is 0 Å². The Balaban J connectivity index is 0.000000150. The summed E-state index contributed by atoms with van der Waals surface area (Å²) in [4.78, 5) is 9.97. The van der Waals surface area contributed by atoms with Crippen molar-refractivity contribution in [3.8, 4) is 0 Å². The maximum absolute atomic E-state index is 9.97. The van der Waals surface area contributed by atoms with Crippen molar-refractivity contribution in [2.24, 2.45) is 5.73 Å². The van der Waals surface area contributed by atoms with Gasteiger partial charge in [-0.15, -0.1) is 0 Å². The summed E-state index contributed by atoms with van der Waals surface area (Å²) in [5.74, 6) is -1.19. The van der Waals surface area contributed by atoms with Crippen molar-refractivity contribution in [1.82, 2.24) is 0 Å². The zero-order valence-electron chi connectivity index (χ0n) is 8.60. The molecule has 0 amide bonds. The van der Waals surface area contributed by atoms with Crippen LogP contribution >= 0.6 is 0 Å². The standard InChI is InChI=1S/C7H6.C4H9NO3/c1-2-4-7-5-6(7)3-1;1-4(5,2-6)3(7)8/h1-4H,5H2;6H,2,5H2,1H3,(H,7,8). The minimum atomic E-state index is -1.49. The Morgan fingerprint density at radius 2 is 1.93 bits per heavy atom. The molecule has 1 aliphatic carbocycles. The summed E-state index contributed by atoms with van der Waals surface area (Å²) in [7, 11) is 0. The van der Waals surface area contributed by atoms with Crippen LogP contribution in [0.3, 0.4) is 0 Å². The average Bonchev–Trinajstić information content (AvgIpc) is 2.97. The van der Waals surface area contributed by atoms with Gasteiger partial charge in [0.2, 0.25) is 0 Å². The molecule has 1 aromatic rings. The number of aliphatic carboxylic acids is 1. The highest BCUT2D eigenvalue weighted by Gasteiger charge is 2.25. The molecule has 15 heavy (non-hydrogen) atoms. The van der Waals surface area contributed by atoms with Crippen molar-refractivity contribution in [3.05, 3.63) is 35.4 Å². The zero-order valence-corrected chi connectivity index (χ0v) is 8.60. The van der Waals surface area contributed by atoms with Gasteiger partial charge < -0.3 is 15.9 Å². The summed E-state index contributed by atoms with van der Waals surface area (Å²) in [5, 5.41) is 16.4. The minimum Gasteiger partial charge on any atom is -0.480 e. The lowest BCUT2D eigenvalue weighted by molar-refractivity contribution is -0.144. The van der Waals surface area contributed by atoms with E-state index in [2.05, 4.69) is 24.3 Å². The molecule has 0 radical (unpaired) electrons. The molecule has 1 unspecified atom stereocenters. The molecule has 0 aliphatic heterocycles. The van der Waals surface area contributed by atoms with Crippen molar-refractivity contribution >= 4 is 5.97 Å². The number of carboxylic acids is 1. The molecule has 0 fully saturated rings. The molecule has 4 heteroatoms. The van der Waals surface area contributed by atoms with Crippen molar-refractivity contribution in [3.63, 3.8) is 0 Å². The van der Waals surface area contributed by atoms with Crippen LogP contribution in [-0.2, 0) is 11.2 Å². The smallest absolute Gasteiger partial charge is 0.325 e. The molecule has 0 saturated carbocycles. The number of fused-ring (bicyclic) bond motifs is 1. The molecule has 1 aromatic carbocycles. The first-order chi connectivity index (χ1) is 6.97. The Bertz CT molecular complexity index is 340. The maximum Gasteiger partial charge on any atom is 0.325 e. The fourth-order valence-electron chi connectivity index (χ4n) is 0.904. The molecule has 0 saturated heterocycles. The van der Waals surface area contributed by atoms with Crippen LogP contribution in [-0.4, -0.2) is 28.3 Å². The first kappa shape index (κ1) is 11.7. The Morgan fingerprint density at radius 1 is 1.47 bits per heavy atom. The van der Waals surface area contributed by atoms with Crippen molar-refractivity contribution in [2.45, 2.75) is 18.9 Å². The summed E-state index contributed by atoms with van der Waals surface area (Å²) >= 11 is 0. The number of carbonyl (C=O) groups is 1. The molecule has 2 rings (SSSR count). The Labute approximate surface area is 88.3 Å². The maximum atomic E-state index is 9.97. The third kappa shape index (κ3) is 3.34. The Hall–Kier alpha value is -1.39. The molecule has 0 heterocycles. The largest absolute Gasteiger partial charge is 0.480 e. The number of aliphatic hydroxyl groups is 1. The highest BCUT2D eigenvalue weighted by molar-refractivity contribution is 5.77. The molecule has 0 bridgehead atoms. The SMILES string of the molecule is CC(N)(CO)C(=O)O.c1ccc2c(c1)C2. The van der Waals surface area contributed by atoms with Crippen LogP contribution in [0.4, 0.5) is 0 Å². The van der Waals surface area contributed by atoms with Crippen molar-refractivity contribution in [2.75, 3.05) is 6.61 Å². The number of carboxylic acid groups (broad SMARTS) is 1. The molecule has 0 spiro atoms. The van der Waals surface area contributed by atoms with Gasteiger partial charge in [-0.1, -0.05) is 24.3 Å². The second-order valence-corrected chi connectivity index (χ2v) is 3.83. The fraction of sp³-hybridized carbons (Fsp3) is 0.364. The van der Waals surface area contributed by atoms with E-state index in [0.29, 0.717) is 0 Å².